The molecule has 0 aliphatic carbocycles. The van der Waals surface area contributed by atoms with E-state index in [0.29, 0.717) is 18.5 Å². The molecule has 0 fully saturated rings. The molecule has 1 aromatic rings. The quantitative estimate of drug-likeness (QED) is 0.559. The Kier molecular flexibility index (Phi) is 7.65. The summed E-state index contributed by atoms with van der Waals surface area (Å²) in [5, 5.41) is 17.7. The zero-order chi connectivity index (χ0) is 20.8. The number of carbonyl (C=O) groups is 3. The number of carbonyl (C=O) groups excluding carboxylic acids is 2. The second-order valence-corrected chi connectivity index (χ2v) is 7.91. The minimum Gasteiger partial charge on any atom is -0.481 e. The number of hydrogen-bond acceptors (Lipinski definition) is 3. The second-order valence-electron chi connectivity index (χ2n) is 7.50. The minimum absolute atomic E-state index is 0.00728. The van der Waals surface area contributed by atoms with Crippen LogP contribution in [0, 0.1) is 5.41 Å². The number of carboxylic acids is 1. The summed E-state index contributed by atoms with van der Waals surface area (Å²) in [6.07, 6.45) is 0.781. The molecule has 0 radical (unpaired) electrons. The Bertz CT molecular complexity index is 709. The van der Waals surface area contributed by atoms with Gasteiger partial charge in [-0.1, -0.05) is 25.4 Å². The van der Waals surface area contributed by atoms with E-state index in [0.717, 1.165) is 0 Å². The minimum atomic E-state index is -1.02. The normalized spacial score (nSPS) is 11.6. The molecule has 0 bridgehead atoms. The van der Waals surface area contributed by atoms with Crippen LogP contribution in [0.25, 0.3) is 0 Å². The summed E-state index contributed by atoms with van der Waals surface area (Å²) in [6, 6.07) is 4.15. The molecule has 3 amide bonds. The van der Waals surface area contributed by atoms with Gasteiger partial charge in [-0.3, -0.25) is 9.59 Å². The monoisotopic (exact) mass is 397 g/mol. The van der Waals surface area contributed by atoms with Crippen LogP contribution >= 0.6 is 11.6 Å². The highest BCUT2D eigenvalue weighted by Gasteiger charge is 2.35. The molecule has 0 atom stereocenters. The summed E-state index contributed by atoms with van der Waals surface area (Å²) in [7, 11) is 0. The van der Waals surface area contributed by atoms with Crippen molar-refractivity contribution in [3.05, 3.63) is 28.8 Å². The SMILES string of the molecule is CCC(CC)(CNC(=O)c1cc(NC(=O)NC(C)(C)C)ccc1Cl)C(=O)O. The molecule has 0 spiro atoms. The molecule has 4 N–H and O–H groups in total. The molecule has 0 saturated carbocycles. The largest absolute Gasteiger partial charge is 0.481 e. The Labute approximate surface area is 164 Å². The van der Waals surface area contributed by atoms with E-state index in [1.807, 2.05) is 20.8 Å². The van der Waals surface area contributed by atoms with Gasteiger partial charge in [0.15, 0.2) is 0 Å². The van der Waals surface area contributed by atoms with Crippen molar-refractivity contribution in [2.24, 2.45) is 5.41 Å². The number of aliphatic carboxylic acids is 1. The first-order valence-electron chi connectivity index (χ1n) is 8.84. The lowest BCUT2D eigenvalue weighted by Gasteiger charge is -2.27. The molecule has 1 aromatic carbocycles. The fraction of sp³-hybridized carbons (Fsp3) is 0.526. The Hall–Kier alpha value is -2.28. The molecular formula is C19H28ClN3O4. The van der Waals surface area contributed by atoms with Crippen LogP contribution in [-0.2, 0) is 4.79 Å². The van der Waals surface area contributed by atoms with Crippen molar-refractivity contribution in [1.29, 1.82) is 0 Å². The zero-order valence-corrected chi connectivity index (χ0v) is 17.2. The van der Waals surface area contributed by atoms with Gasteiger partial charge in [0.2, 0.25) is 0 Å². The van der Waals surface area contributed by atoms with Crippen LogP contribution in [-0.4, -0.2) is 35.1 Å². The molecule has 8 heteroatoms. The van der Waals surface area contributed by atoms with Crippen molar-refractivity contribution >= 4 is 35.2 Å². The highest BCUT2D eigenvalue weighted by Crippen LogP contribution is 2.26. The first kappa shape index (κ1) is 22.8. The van der Waals surface area contributed by atoms with Gasteiger partial charge < -0.3 is 21.1 Å². The topological polar surface area (TPSA) is 108 Å². The van der Waals surface area contributed by atoms with Gasteiger partial charge in [-0.2, -0.15) is 0 Å². The van der Waals surface area contributed by atoms with Crippen LogP contribution in [0.4, 0.5) is 10.5 Å². The lowest BCUT2D eigenvalue weighted by molar-refractivity contribution is -0.149. The van der Waals surface area contributed by atoms with Crippen LogP contribution in [0.3, 0.4) is 0 Å². The van der Waals surface area contributed by atoms with Gasteiger partial charge in [-0.15, -0.1) is 0 Å². The number of benzene rings is 1. The summed E-state index contributed by atoms with van der Waals surface area (Å²) in [6.45, 7) is 9.09. The van der Waals surface area contributed by atoms with Gasteiger partial charge in [0, 0.05) is 17.8 Å². The summed E-state index contributed by atoms with van der Waals surface area (Å²) >= 11 is 6.11. The molecule has 0 saturated heterocycles. The third-order valence-corrected chi connectivity index (χ3v) is 4.68. The van der Waals surface area contributed by atoms with Crippen LogP contribution in [0.1, 0.15) is 57.8 Å². The molecule has 27 heavy (non-hydrogen) atoms. The smallest absolute Gasteiger partial charge is 0.319 e. The molecule has 0 aromatic heterocycles. The van der Waals surface area contributed by atoms with Crippen LogP contribution in [0.5, 0.6) is 0 Å². The molecule has 0 unspecified atom stereocenters. The standard InChI is InChI=1S/C19H28ClN3O4/c1-6-19(7-2,16(25)26)11-21-15(24)13-10-12(8-9-14(13)20)22-17(27)23-18(3,4)5/h8-10H,6-7,11H2,1-5H3,(H,21,24)(H,25,26)(H2,22,23,27). The summed E-state index contributed by atoms with van der Waals surface area (Å²) in [4.78, 5) is 36.1. The van der Waals surface area contributed by atoms with Crippen molar-refractivity contribution in [3.8, 4) is 0 Å². The third-order valence-electron chi connectivity index (χ3n) is 4.35. The highest BCUT2D eigenvalue weighted by molar-refractivity contribution is 6.34. The molecule has 0 aliphatic rings. The van der Waals surface area contributed by atoms with E-state index in [1.54, 1.807) is 19.9 Å². The number of carboxylic acid groups (broad SMARTS) is 1. The van der Waals surface area contributed by atoms with Crippen molar-refractivity contribution in [2.45, 2.75) is 53.0 Å². The summed E-state index contributed by atoms with van der Waals surface area (Å²) in [5.74, 6) is -1.44. The van der Waals surface area contributed by atoms with Crippen molar-refractivity contribution in [1.82, 2.24) is 10.6 Å². The van der Waals surface area contributed by atoms with E-state index in [-0.39, 0.29) is 17.1 Å². The number of nitrogens with one attached hydrogen (secondary N) is 3. The number of urea groups is 1. The lowest BCUT2D eigenvalue weighted by atomic mass is 9.82. The number of hydrogen-bond donors (Lipinski definition) is 4. The van der Waals surface area contributed by atoms with Crippen molar-refractivity contribution in [2.75, 3.05) is 11.9 Å². The lowest BCUT2D eigenvalue weighted by Crippen LogP contribution is -2.43. The van der Waals surface area contributed by atoms with Crippen LogP contribution < -0.4 is 16.0 Å². The molecular weight excluding hydrogens is 370 g/mol. The third kappa shape index (κ3) is 6.43. The number of anilines is 1. The summed E-state index contributed by atoms with van der Waals surface area (Å²) < 4.78 is 0. The number of rotatable bonds is 7. The Morgan fingerprint density at radius 2 is 1.70 bits per heavy atom. The van der Waals surface area contributed by atoms with Gasteiger partial charge in [0.05, 0.1) is 16.0 Å². The zero-order valence-electron chi connectivity index (χ0n) is 16.4. The predicted molar refractivity (Wildman–Crippen MR) is 106 cm³/mol. The fourth-order valence-electron chi connectivity index (χ4n) is 2.50. The molecule has 150 valence electrons. The van der Waals surface area contributed by atoms with Gasteiger partial charge in [0.25, 0.3) is 5.91 Å². The van der Waals surface area contributed by atoms with Crippen LogP contribution in [0.2, 0.25) is 5.02 Å². The van der Waals surface area contributed by atoms with E-state index in [1.165, 1.54) is 12.1 Å². The van der Waals surface area contributed by atoms with E-state index < -0.39 is 28.9 Å². The van der Waals surface area contributed by atoms with Gasteiger partial charge in [-0.05, 0) is 51.8 Å². The molecule has 1 rings (SSSR count). The number of halogens is 1. The fourth-order valence-corrected chi connectivity index (χ4v) is 2.71. The summed E-state index contributed by atoms with van der Waals surface area (Å²) in [5.41, 5.74) is -0.861. The van der Waals surface area contributed by atoms with E-state index in [4.69, 9.17) is 11.6 Å². The van der Waals surface area contributed by atoms with E-state index in [2.05, 4.69) is 16.0 Å². The molecule has 0 heterocycles. The highest BCUT2D eigenvalue weighted by atomic mass is 35.5. The van der Waals surface area contributed by atoms with Crippen molar-refractivity contribution < 1.29 is 19.5 Å². The van der Waals surface area contributed by atoms with Gasteiger partial charge in [-0.25, -0.2) is 4.79 Å². The first-order valence-corrected chi connectivity index (χ1v) is 9.22. The Balaban J connectivity index is 2.91. The van der Waals surface area contributed by atoms with E-state index in [9.17, 15) is 19.5 Å². The first-order chi connectivity index (χ1) is 12.4. The van der Waals surface area contributed by atoms with Gasteiger partial charge >= 0.3 is 12.0 Å². The molecule has 7 nitrogen and oxygen atoms in total. The van der Waals surface area contributed by atoms with Crippen molar-refractivity contribution in [3.63, 3.8) is 0 Å². The van der Waals surface area contributed by atoms with Gasteiger partial charge in [0.1, 0.15) is 0 Å². The number of amides is 3. The average molecular weight is 398 g/mol. The second kappa shape index (κ2) is 9.08. The van der Waals surface area contributed by atoms with Crippen LogP contribution in [0.15, 0.2) is 18.2 Å². The predicted octanol–water partition coefficient (Wildman–Crippen LogP) is 3.88. The van der Waals surface area contributed by atoms with E-state index >= 15 is 0 Å². The maximum absolute atomic E-state index is 12.5. The Morgan fingerprint density at radius 3 is 2.19 bits per heavy atom. The molecule has 0 aliphatic heterocycles. The Morgan fingerprint density at radius 1 is 1.11 bits per heavy atom. The maximum Gasteiger partial charge on any atom is 0.319 e. The maximum atomic E-state index is 12.5. The average Bonchev–Trinajstić information content (AvgIpc) is 2.55.